The first-order chi connectivity index (χ1) is 10.3. The molecule has 122 valence electrons. The van der Waals surface area contributed by atoms with E-state index in [0.29, 0.717) is 5.41 Å². The first kappa shape index (κ1) is 15.8. The third-order valence-electron chi connectivity index (χ3n) is 6.27. The molecule has 2 saturated carbocycles. The highest BCUT2D eigenvalue weighted by Crippen LogP contribution is 2.37. The fraction of sp³-hybridized carbons (Fsp3) is 1.00. The molecule has 1 heterocycles. The Morgan fingerprint density at radius 3 is 2.19 bits per heavy atom. The molecule has 1 aliphatic heterocycles. The van der Waals surface area contributed by atoms with Crippen molar-refractivity contribution in [1.29, 1.82) is 0 Å². The van der Waals surface area contributed by atoms with Gasteiger partial charge in [-0.2, -0.15) is 0 Å². The second-order valence-electron chi connectivity index (χ2n) is 7.84. The summed E-state index contributed by atoms with van der Waals surface area (Å²) in [4.78, 5) is 5.56. The van der Waals surface area contributed by atoms with E-state index >= 15 is 0 Å². The van der Waals surface area contributed by atoms with Crippen LogP contribution in [0.1, 0.15) is 57.8 Å². The maximum absolute atomic E-state index is 3.48. The summed E-state index contributed by atoms with van der Waals surface area (Å²) in [6.45, 7) is 7.81. The molecule has 1 saturated heterocycles. The van der Waals surface area contributed by atoms with Crippen molar-refractivity contribution >= 4 is 0 Å². The van der Waals surface area contributed by atoms with Gasteiger partial charge >= 0.3 is 0 Å². The van der Waals surface area contributed by atoms with Crippen molar-refractivity contribution in [2.24, 2.45) is 5.41 Å². The highest BCUT2D eigenvalue weighted by atomic mass is 15.3. The molecule has 3 rings (SSSR count). The van der Waals surface area contributed by atoms with Crippen molar-refractivity contribution in [2.75, 3.05) is 46.3 Å². The van der Waals surface area contributed by atoms with E-state index in [9.17, 15) is 0 Å². The van der Waals surface area contributed by atoms with E-state index in [1.807, 2.05) is 0 Å². The molecule has 3 fully saturated rings. The van der Waals surface area contributed by atoms with Crippen LogP contribution < -0.4 is 5.32 Å². The lowest BCUT2D eigenvalue weighted by molar-refractivity contribution is 0.0486. The van der Waals surface area contributed by atoms with Gasteiger partial charge in [0.05, 0.1) is 0 Å². The molecule has 0 aromatic heterocycles. The van der Waals surface area contributed by atoms with E-state index in [-0.39, 0.29) is 0 Å². The molecule has 0 aromatic rings. The fourth-order valence-corrected chi connectivity index (χ4v) is 5.10. The summed E-state index contributed by atoms with van der Waals surface area (Å²) in [7, 11) is 2.13. The maximum Gasteiger partial charge on any atom is 0.0113 e. The average Bonchev–Trinajstić information content (AvgIpc) is 3.03. The number of hydrogen-bond acceptors (Lipinski definition) is 3. The Labute approximate surface area is 131 Å². The number of nitrogens with zero attached hydrogens (tertiary/aromatic N) is 2. The molecule has 1 N–H and O–H groups in total. The molecule has 2 aliphatic carbocycles. The Morgan fingerprint density at radius 2 is 1.57 bits per heavy atom. The number of nitrogens with one attached hydrogen (secondary N) is 1. The number of rotatable bonds is 5. The van der Waals surface area contributed by atoms with Crippen LogP contribution in [0.4, 0.5) is 0 Å². The van der Waals surface area contributed by atoms with Crippen molar-refractivity contribution < 1.29 is 0 Å². The third kappa shape index (κ3) is 4.00. The average molecular weight is 293 g/mol. The predicted octanol–water partition coefficient (Wildman–Crippen LogP) is 2.72. The summed E-state index contributed by atoms with van der Waals surface area (Å²) in [6.07, 6.45) is 13.1. The fourth-order valence-electron chi connectivity index (χ4n) is 5.10. The Kier molecular flexibility index (Phi) is 5.58. The van der Waals surface area contributed by atoms with E-state index in [1.54, 1.807) is 0 Å². The van der Waals surface area contributed by atoms with Crippen molar-refractivity contribution in [1.82, 2.24) is 15.1 Å². The lowest BCUT2D eigenvalue weighted by Gasteiger charge is -2.45. The molecule has 3 nitrogen and oxygen atoms in total. The van der Waals surface area contributed by atoms with Crippen LogP contribution in [-0.2, 0) is 0 Å². The minimum Gasteiger partial charge on any atom is -0.319 e. The van der Waals surface area contributed by atoms with Gasteiger partial charge in [0.15, 0.2) is 0 Å². The van der Waals surface area contributed by atoms with Crippen LogP contribution in [-0.4, -0.2) is 62.2 Å². The monoisotopic (exact) mass is 293 g/mol. The summed E-state index contributed by atoms with van der Waals surface area (Å²) >= 11 is 0. The molecular weight excluding hydrogens is 258 g/mol. The van der Waals surface area contributed by atoms with Crippen molar-refractivity contribution in [3.05, 3.63) is 0 Å². The standard InChI is InChI=1S/C18H35N3/c1-19-15-18(9-5-2-6-10-18)16-20-11-13-21(14-12-20)17-7-3-4-8-17/h17,19H,2-16H2,1H3. The van der Waals surface area contributed by atoms with Gasteiger partial charge in [-0.05, 0) is 38.1 Å². The number of piperazine rings is 1. The predicted molar refractivity (Wildman–Crippen MR) is 89.7 cm³/mol. The Balaban J connectivity index is 1.48. The second-order valence-corrected chi connectivity index (χ2v) is 7.84. The summed E-state index contributed by atoms with van der Waals surface area (Å²) < 4.78 is 0. The Morgan fingerprint density at radius 1 is 0.905 bits per heavy atom. The molecule has 0 aromatic carbocycles. The van der Waals surface area contributed by atoms with Crippen molar-refractivity contribution in [3.63, 3.8) is 0 Å². The van der Waals surface area contributed by atoms with Crippen molar-refractivity contribution in [2.45, 2.75) is 63.8 Å². The van der Waals surface area contributed by atoms with Gasteiger partial charge in [-0.3, -0.25) is 4.90 Å². The summed E-state index contributed by atoms with van der Waals surface area (Å²) in [5.74, 6) is 0. The van der Waals surface area contributed by atoms with E-state index in [1.165, 1.54) is 97.1 Å². The van der Waals surface area contributed by atoms with Gasteiger partial charge < -0.3 is 10.2 Å². The summed E-state index contributed by atoms with van der Waals surface area (Å²) in [6, 6.07) is 0.924. The maximum atomic E-state index is 3.48. The molecule has 0 spiro atoms. The molecule has 3 aliphatic rings. The molecule has 21 heavy (non-hydrogen) atoms. The molecule has 3 heteroatoms. The van der Waals surface area contributed by atoms with E-state index in [4.69, 9.17) is 0 Å². The first-order valence-electron chi connectivity index (χ1n) is 9.42. The molecule has 0 unspecified atom stereocenters. The lowest BCUT2D eigenvalue weighted by atomic mass is 9.73. The SMILES string of the molecule is CNCC1(CN2CCN(C3CCCC3)CC2)CCCCC1. The molecule has 0 atom stereocenters. The lowest BCUT2D eigenvalue weighted by Crippen LogP contribution is -2.53. The van der Waals surface area contributed by atoms with Crippen LogP contribution in [0.15, 0.2) is 0 Å². The Hall–Kier alpha value is -0.120. The second kappa shape index (κ2) is 7.43. The molecular formula is C18H35N3. The van der Waals surface area contributed by atoms with Gasteiger partial charge in [-0.1, -0.05) is 32.1 Å². The van der Waals surface area contributed by atoms with Crippen LogP contribution in [0.25, 0.3) is 0 Å². The topological polar surface area (TPSA) is 18.5 Å². The zero-order chi connectivity index (χ0) is 14.5. The quantitative estimate of drug-likeness (QED) is 0.841. The van der Waals surface area contributed by atoms with Gasteiger partial charge in [0.25, 0.3) is 0 Å². The van der Waals surface area contributed by atoms with Crippen LogP contribution >= 0.6 is 0 Å². The molecule has 0 amide bonds. The number of hydrogen-bond donors (Lipinski definition) is 1. The summed E-state index contributed by atoms with van der Waals surface area (Å²) in [5.41, 5.74) is 0.572. The molecule has 0 radical (unpaired) electrons. The third-order valence-corrected chi connectivity index (χ3v) is 6.27. The van der Waals surface area contributed by atoms with Crippen LogP contribution in [0.5, 0.6) is 0 Å². The normalized spacial score (nSPS) is 29.0. The van der Waals surface area contributed by atoms with E-state index in [2.05, 4.69) is 22.2 Å². The smallest absolute Gasteiger partial charge is 0.0113 e. The highest BCUT2D eigenvalue weighted by molar-refractivity contribution is 4.90. The van der Waals surface area contributed by atoms with E-state index < -0.39 is 0 Å². The van der Waals surface area contributed by atoms with Gasteiger partial charge in [0, 0.05) is 45.3 Å². The Bertz CT molecular complexity index is 292. The summed E-state index contributed by atoms with van der Waals surface area (Å²) in [5, 5.41) is 3.48. The minimum absolute atomic E-state index is 0.572. The van der Waals surface area contributed by atoms with Crippen LogP contribution in [0.2, 0.25) is 0 Å². The van der Waals surface area contributed by atoms with Gasteiger partial charge in [0.1, 0.15) is 0 Å². The minimum atomic E-state index is 0.572. The zero-order valence-corrected chi connectivity index (χ0v) is 14.1. The van der Waals surface area contributed by atoms with Gasteiger partial charge in [-0.15, -0.1) is 0 Å². The van der Waals surface area contributed by atoms with Crippen LogP contribution in [0.3, 0.4) is 0 Å². The van der Waals surface area contributed by atoms with Gasteiger partial charge in [-0.25, -0.2) is 0 Å². The highest BCUT2D eigenvalue weighted by Gasteiger charge is 2.35. The van der Waals surface area contributed by atoms with Gasteiger partial charge in [0.2, 0.25) is 0 Å². The molecule has 0 bridgehead atoms. The van der Waals surface area contributed by atoms with E-state index in [0.717, 1.165) is 6.04 Å². The largest absolute Gasteiger partial charge is 0.319 e. The van der Waals surface area contributed by atoms with Crippen LogP contribution in [0, 0.1) is 5.41 Å². The first-order valence-corrected chi connectivity index (χ1v) is 9.42. The zero-order valence-electron chi connectivity index (χ0n) is 14.1. The van der Waals surface area contributed by atoms with Crippen molar-refractivity contribution in [3.8, 4) is 0 Å².